The standard InChI is InChI=1S/C32H30N4O5S/c1-23-12-15-28(16-13-23)42(38,39)36-29(25-8-4-3-5-9-25)19-32(37)35-34-21-24-14-17-30(31(18-24)40-2)41-22-27-11-7-6-10-26(27)20-33/h3-18,21,29,36H,19,22H2,1-2H3,(H,35,37)/b34-21-/t29-/m0/s1. The molecule has 1 atom stereocenters. The highest BCUT2D eigenvalue weighted by Gasteiger charge is 2.23. The van der Waals surface area contributed by atoms with Gasteiger partial charge in [-0.3, -0.25) is 4.79 Å². The van der Waals surface area contributed by atoms with Crippen LogP contribution in [0.4, 0.5) is 0 Å². The third-order valence-electron chi connectivity index (χ3n) is 6.33. The van der Waals surface area contributed by atoms with E-state index in [1.54, 1.807) is 66.7 Å². The number of hydrogen-bond acceptors (Lipinski definition) is 7. The fourth-order valence-corrected chi connectivity index (χ4v) is 5.31. The first-order valence-corrected chi connectivity index (χ1v) is 14.5. The van der Waals surface area contributed by atoms with Gasteiger partial charge < -0.3 is 9.47 Å². The van der Waals surface area contributed by atoms with E-state index >= 15 is 0 Å². The molecule has 4 aromatic rings. The van der Waals surface area contributed by atoms with Crippen molar-refractivity contribution in [2.45, 2.75) is 30.9 Å². The van der Waals surface area contributed by atoms with Crippen LogP contribution in [0.2, 0.25) is 0 Å². The fraction of sp³-hybridized carbons (Fsp3) is 0.156. The quantitative estimate of drug-likeness (QED) is 0.178. The Labute approximate surface area is 245 Å². The van der Waals surface area contributed by atoms with Gasteiger partial charge in [0.25, 0.3) is 0 Å². The second kappa shape index (κ2) is 14.1. The molecule has 4 aromatic carbocycles. The summed E-state index contributed by atoms with van der Waals surface area (Å²) in [6, 6.07) is 29.0. The highest BCUT2D eigenvalue weighted by molar-refractivity contribution is 7.89. The third-order valence-corrected chi connectivity index (χ3v) is 7.82. The number of nitrogens with zero attached hydrogens (tertiary/aromatic N) is 2. The zero-order valence-corrected chi connectivity index (χ0v) is 24.0. The van der Waals surface area contributed by atoms with Gasteiger partial charge in [-0.25, -0.2) is 18.6 Å². The molecule has 0 spiro atoms. The Kier molecular flexibility index (Phi) is 10.1. The lowest BCUT2D eigenvalue weighted by Crippen LogP contribution is -2.32. The Morgan fingerprint density at radius 3 is 2.40 bits per heavy atom. The maximum atomic E-state index is 13.0. The number of carbonyl (C=O) groups is 1. The molecule has 0 fully saturated rings. The molecular formula is C32H30N4O5S. The Bertz CT molecular complexity index is 1700. The third kappa shape index (κ3) is 8.04. The Morgan fingerprint density at radius 2 is 1.69 bits per heavy atom. The zero-order valence-electron chi connectivity index (χ0n) is 23.2. The minimum Gasteiger partial charge on any atom is -0.493 e. The molecule has 0 aliphatic carbocycles. The highest BCUT2D eigenvalue weighted by atomic mass is 32.2. The summed E-state index contributed by atoms with van der Waals surface area (Å²) in [5.74, 6) is 0.460. The van der Waals surface area contributed by atoms with Gasteiger partial charge in [-0.2, -0.15) is 10.4 Å². The second-order valence-electron chi connectivity index (χ2n) is 9.36. The number of benzene rings is 4. The predicted octanol–water partition coefficient (Wildman–Crippen LogP) is 5.01. The van der Waals surface area contributed by atoms with E-state index in [0.717, 1.165) is 11.1 Å². The first-order chi connectivity index (χ1) is 20.3. The van der Waals surface area contributed by atoms with Crippen LogP contribution in [0.5, 0.6) is 11.5 Å². The lowest BCUT2D eigenvalue weighted by atomic mass is 10.0. The van der Waals surface area contributed by atoms with Crippen LogP contribution in [0, 0.1) is 18.3 Å². The van der Waals surface area contributed by atoms with Crippen molar-refractivity contribution in [3.8, 4) is 17.6 Å². The molecule has 0 aliphatic heterocycles. The average molecular weight is 583 g/mol. The number of ether oxygens (including phenoxy) is 2. The summed E-state index contributed by atoms with van der Waals surface area (Å²) in [7, 11) is -2.37. The zero-order chi connectivity index (χ0) is 30.0. The first kappa shape index (κ1) is 30.0. The van der Waals surface area contributed by atoms with E-state index in [9.17, 15) is 18.5 Å². The molecule has 42 heavy (non-hydrogen) atoms. The Morgan fingerprint density at radius 1 is 0.976 bits per heavy atom. The number of rotatable bonds is 12. The van der Waals surface area contributed by atoms with Gasteiger partial charge in [0.2, 0.25) is 15.9 Å². The van der Waals surface area contributed by atoms with Crippen molar-refractivity contribution in [3.05, 3.63) is 125 Å². The average Bonchev–Trinajstić information content (AvgIpc) is 3.00. The first-order valence-electron chi connectivity index (χ1n) is 13.0. The van der Waals surface area contributed by atoms with Crippen molar-refractivity contribution in [2.75, 3.05) is 7.11 Å². The maximum absolute atomic E-state index is 13.0. The number of carbonyl (C=O) groups excluding carboxylic acids is 1. The molecule has 10 heteroatoms. The van der Waals surface area contributed by atoms with Crippen LogP contribution in [0.25, 0.3) is 0 Å². The summed E-state index contributed by atoms with van der Waals surface area (Å²) in [5.41, 5.74) is 5.98. The van der Waals surface area contributed by atoms with E-state index in [0.29, 0.717) is 28.2 Å². The predicted molar refractivity (Wildman–Crippen MR) is 160 cm³/mol. The number of hydrogen-bond donors (Lipinski definition) is 2. The molecule has 1 amide bonds. The molecular weight excluding hydrogens is 552 g/mol. The van der Waals surface area contributed by atoms with Crippen molar-refractivity contribution < 1.29 is 22.7 Å². The minimum absolute atomic E-state index is 0.114. The minimum atomic E-state index is -3.88. The van der Waals surface area contributed by atoms with Gasteiger partial charge in [-0.15, -0.1) is 0 Å². The maximum Gasteiger partial charge on any atom is 0.242 e. The summed E-state index contributed by atoms with van der Waals surface area (Å²) < 4.78 is 40.1. The van der Waals surface area contributed by atoms with Crippen molar-refractivity contribution >= 4 is 22.1 Å². The smallest absolute Gasteiger partial charge is 0.242 e. The molecule has 0 radical (unpaired) electrons. The van der Waals surface area contributed by atoms with E-state index in [2.05, 4.69) is 21.3 Å². The topological polar surface area (TPSA) is 130 Å². The van der Waals surface area contributed by atoms with Crippen LogP contribution in [-0.4, -0.2) is 27.6 Å². The van der Waals surface area contributed by atoms with Crippen LogP contribution in [0.1, 0.15) is 40.3 Å². The van der Waals surface area contributed by atoms with Crippen LogP contribution in [0.3, 0.4) is 0 Å². The van der Waals surface area contributed by atoms with E-state index in [-0.39, 0.29) is 17.9 Å². The SMILES string of the molecule is COc1cc(/C=N\NC(=O)C[C@H](NS(=O)(=O)c2ccc(C)cc2)c2ccccc2)ccc1OCc1ccccc1C#N. The molecule has 0 heterocycles. The monoisotopic (exact) mass is 582 g/mol. The number of nitriles is 1. The molecule has 0 saturated carbocycles. The van der Waals surface area contributed by atoms with Gasteiger partial charge in [0.1, 0.15) is 6.61 Å². The van der Waals surface area contributed by atoms with Gasteiger partial charge in [0.15, 0.2) is 11.5 Å². The van der Waals surface area contributed by atoms with Crippen molar-refractivity contribution in [1.82, 2.24) is 10.1 Å². The Balaban J connectivity index is 1.41. The van der Waals surface area contributed by atoms with E-state index in [1.165, 1.54) is 25.5 Å². The molecule has 0 bridgehead atoms. The van der Waals surface area contributed by atoms with Gasteiger partial charge in [0, 0.05) is 12.0 Å². The molecule has 2 N–H and O–H groups in total. The summed E-state index contributed by atoms with van der Waals surface area (Å²) in [4.78, 5) is 12.9. The molecule has 214 valence electrons. The van der Waals surface area contributed by atoms with E-state index in [1.807, 2.05) is 25.1 Å². The van der Waals surface area contributed by atoms with Gasteiger partial charge in [-0.1, -0.05) is 66.2 Å². The number of hydrazone groups is 1. The van der Waals surface area contributed by atoms with Crippen LogP contribution < -0.4 is 19.6 Å². The molecule has 9 nitrogen and oxygen atoms in total. The summed E-state index contributed by atoms with van der Waals surface area (Å²) in [6.07, 6.45) is 1.27. The van der Waals surface area contributed by atoms with Gasteiger partial charge in [-0.05, 0) is 54.4 Å². The van der Waals surface area contributed by atoms with Crippen LogP contribution in [-0.2, 0) is 21.4 Å². The van der Waals surface area contributed by atoms with E-state index in [4.69, 9.17) is 9.47 Å². The number of nitrogens with one attached hydrogen (secondary N) is 2. The molecule has 0 aromatic heterocycles. The second-order valence-corrected chi connectivity index (χ2v) is 11.1. The fourth-order valence-electron chi connectivity index (χ4n) is 4.09. The highest BCUT2D eigenvalue weighted by Crippen LogP contribution is 2.29. The summed E-state index contributed by atoms with van der Waals surface area (Å²) in [5, 5.41) is 13.3. The van der Waals surface area contributed by atoms with Crippen molar-refractivity contribution in [2.24, 2.45) is 5.10 Å². The largest absolute Gasteiger partial charge is 0.493 e. The summed E-state index contributed by atoms with van der Waals surface area (Å²) >= 11 is 0. The molecule has 0 aliphatic rings. The van der Waals surface area contributed by atoms with Crippen molar-refractivity contribution in [1.29, 1.82) is 5.26 Å². The molecule has 0 unspecified atom stereocenters. The normalized spacial score (nSPS) is 11.9. The van der Waals surface area contributed by atoms with Gasteiger partial charge in [0.05, 0.1) is 35.9 Å². The Hall–Kier alpha value is -4.98. The van der Waals surface area contributed by atoms with Crippen molar-refractivity contribution in [3.63, 3.8) is 0 Å². The van der Waals surface area contributed by atoms with Crippen LogP contribution >= 0.6 is 0 Å². The lowest BCUT2D eigenvalue weighted by molar-refractivity contribution is -0.121. The van der Waals surface area contributed by atoms with Crippen LogP contribution in [0.15, 0.2) is 107 Å². The number of sulfonamides is 1. The molecule has 0 saturated heterocycles. The van der Waals surface area contributed by atoms with Gasteiger partial charge >= 0.3 is 0 Å². The molecule has 4 rings (SSSR count). The number of methoxy groups -OCH3 is 1. The number of aryl methyl sites for hydroxylation is 1. The summed E-state index contributed by atoms with van der Waals surface area (Å²) in [6.45, 7) is 2.07. The van der Waals surface area contributed by atoms with E-state index < -0.39 is 22.0 Å². The lowest BCUT2D eigenvalue weighted by Gasteiger charge is -2.18. The number of amides is 1.